The van der Waals surface area contributed by atoms with Crippen LogP contribution in [0.4, 0.5) is 4.39 Å². The van der Waals surface area contributed by atoms with E-state index < -0.39 is 5.82 Å². The minimum atomic E-state index is -0.557. The standard InChI is InChI=1S/C35H32FN7O4/c1-20-39-40-34(47-20)31-28(6-3-21-8-11-45-12-9-21)38-33-29-19-46-13-10-43(29)35(44)32(33)30(31)23-5-7-27-25(15-23)18-42(41-27)17-22-2-4-24(16-37)26(36)14-22/h2,4-5,7,14-15,18,21,29H,3,6,8-13,17,19H2,1H3/t29-/m0/s1. The van der Waals surface area contributed by atoms with Crippen LogP contribution in [0.1, 0.15) is 64.1 Å². The average Bonchev–Trinajstić information content (AvgIpc) is 3.78. The van der Waals surface area contributed by atoms with E-state index in [1.54, 1.807) is 17.7 Å². The summed E-state index contributed by atoms with van der Waals surface area (Å²) in [6.07, 6.45) is 5.52. The Morgan fingerprint density at radius 1 is 1.04 bits per heavy atom. The van der Waals surface area contributed by atoms with Gasteiger partial charge in [0.15, 0.2) is 0 Å². The number of fused-ring (bicyclic) bond motifs is 4. The van der Waals surface area contributed by atoms with Gasteiger partial charge in [-0.2, -0.15) is 10.4 Å². The molecular weight excluding hydrogens is 601 g/mol. The van der Waals surface area contributed by atoms with Crippen LogP contribution in [0.25, 0.3) is 33.5 Å². The molecule has 1 amide bonds. The molecule has 0 saturated carbocycles. The molecule has 3 aliphatic rings. The summed E-state index contributed by atoms with van der Waals surface area (Å²) in [7, 11) is 0. The Hall–Kier alpha value is -4.99. The second-order valence-electron chi connectivity index (χ2n) is 12.4. The fourth-order valence-electron chi connectivity index (χ4n) is 7.05. The number of nitrogens with zero attached hydrogens (tertiary/aromatic N) is 7. The number of ether oxygens (including phenoxy) is 2. The molecule has 3 aliphatic heterocycles. The van der Waals surface area contributed by atoms with Crippen LogP contribution in [0.2, 0.25) is 0 Å². The van der Waals surface area contributed by atoms with E-state index in [4.69, 9.17) is 29.2 Å². The van der Waals surface area contributed by atoms with Gasteiger partial charge in [0.2, 0.25) is 11.8 Å². The van der Waals surface area contributed by atoms with Crippen LogP contribution in [0.15, 0.2) is 47.0 Å². The van der Waals surface area contributed by atoms with Crippen molar-refractivity contribution in [3.8, 4) is 28.7 Å². The zero-order valence-electron chi connectivity index (χ0n) is 25.9. The van der Waals surface area contributed by atoms with Crippen molar-refractivity contribution < 1.29 is 23.1 Å². The summed E-state index contributed by atoms with van der Waals surface area (Å²) >= 11 is 0. The number of halogens is 1. The first-order valence-corrected chi connectivity index (χ1v) is 16.0. The van der Waals surface area contributed by atoms with Crippen molar-refractivity contribution >= 4 is 16.8 Å². The topological polar surface area (TPSA) is 132 Å². The van der Waals surface area contributed by atoms with Crippen molar-refractivity contribution in [3.05, 3.63) is 82.4 Å². The van der Waals surface area contributed by atoms with Gasteiger partial charge in [-0.15, -0.1) is 10.2 Å². The van der Waals surface area contributed by atoms with E-state index in [9.17, 15) is 9.18 Å². The zero-order valence-corrected chi connectivity index (χ0v) is 25.9. The van der Waals surface area contributed by atoms with Gasteiger partial charge in [-0.05, 0) is 67.0 Å². The number of nitriles is 1. The zero-order chi connectivity index (χ0) is 32.1. The third-order valence-electron chi connectivity index (χ3n) is 9.43. The van der Waals surface area contributed by atoms with Crippen molar-refractivity contribution in [1.82, 2.24) is 29.9 Å². The highest BCUT2D eigenvalue weighted by Gasteiger charge is 2.44. The summed E-state index contributed by atoms with van der Waals surface area (Å²) in [5, 5.41) is 23.2. The van der Waals surface area contributed by atoms with Gasteiger partial charge in [-0.25, -0.2) is 4.39 Å². The van der Waals surface area contributed by atoms with E-state index in [0.717, 1.165) is 65.9 Å². The molecule has 0 unspecified atom stereocenters. The number of carbonyl (C=O) groups is 1. The Bertz CT molecular complexity index is 2060. The van der Waals surface area contributed by atoms with Crippen molar-refractivity contribution in [2.24, 2.45) is 5.92 Å². The fourth-order valence-corrected chi connectivity index (χ4v) is 7.05. The molecular formula is C35H32FN7O4. The highest BCUT2D eigenvalue weighted by molar-refractivity contribution is 6.08. The first-order valence-electron chi connectivity index (χ1n) is 16.0. The lowest BCUT2D eigenvalue weighted by molar-refractivity contribution is 0.00352. The van der Waals surface area contributed by atoms with Crippen LogP contribution in [-0.4, -0.2) is 68.7 Å². The first kappa shape index (κ1) is 29.4. The monoisotopic (exact) mass is 633 g/mol. The highest BCUT2D eigenvalue weighted by Crippen LogP contribution is 2.46. The summed E-state index contributed by atoms with van der Waals surface area (Å²) in [5.74, 6) is 0.640. The number of pyridine rings is 1. The van der Waals surface area contributed by atoms with Crippen LogP contribution in [0, 0.1) is 30.0 Å². The largest absolute Gasteiger partial charge is 0.421 e. The maximum Gasteiger partial charge on any atom is 0.257 e. The van der Waals surface area contributed by atoms with Gasteiger partial charge >= 0.3 is 0 Å². The van der Waals surface area contributed by atoms with Crippen LogP contribution in [0.3, 0.4) is 0 Å². The maximum atomic E-state index is 14.3. The van der Waals surface area contributed by atoms with Gasteiger partial charge in [0, 0.05) is 43.8 Å². The summed E-state index contributed by atoms with van der Waals surface area (Å²) in [5.41, 5.74) is 5.76. The molecule has 0 aliphatic carbocycles. The number of carbonyl (C=O) groups excluding carboxylic acids is 1. The van der Waals surface area contributed by atoms with Crippen molar-refractivity contribution in [2.75, 3.05) is 33.0 Å². The molecule has 5 aromatic rings. The molecule has 2 fully saturated rings. The molecule has 0 N–H and O–H groups in total. The predicted octanol–water partition coefficient (Wildman–Crippen LogP) is 5.40. The third kappa shape index (κ3) is 5.35. The molecule has 0 radical (unpaired) electrons. The summed E-state index contributed by atoms with van der Waals surface area (Å²) < 4.78 is 33.6. The first-order chi connectivity index (χ1) is 23.0. The minimum absolute atomic E-state index is 0.00514. The smallest absolute Gasteiger partial charge is 0.257 e. The Balaban J connectivity index is 1.26. The van der Waals surface area contributed by atoms with E-state index in [-0.39, 0.29) is 17.5 Å². The number of hydrogen-bond donors (Lipinski definition) is 0. The lowest BCUT2D eigenvalue weighted by Crippen LogP contribution is -2.38. The lowest BCUT2D eigenvalue weighted by Gasteiger charge is -2.29. The van der Waals surface area contributed by atoms with Gasteiger partial charge in [0.05, 0.1) is 59.4 Å². The minimum Gasteiger partial charge on any atom is -0.421 e. The van der Waals surface area contributed by atoms with Gasteiger partial charge in [0.25, 0.3) is 5.91 Å². The van der Waals surface area contributed by atoms with E-state index in [0.29, 0.717) is 67.1 Å². The van der Waals surface area contributed by atoms with E-state index in [1.165, 1.54) is 12.1 Å². The molecule has 0 bridgehead atoms. The van der Waals surface area contributed by atoms with Crippen LogP contribution in [0.5, 0.6) is 0 Å². The van der Waals surface area contributed by atoms with E-state index >= 15 is 0 Å². The van der Waals surface area contributed by atoms with Crippen molar-refractivity contribution in [3.63, 3.8) is 0 Å². The van der Waals surface area contributed by atoms with Crippen LogP contribution in [-0.2, 0) is 22.4 Å². The predicted molar refractivity (Wildman–Crippen MR) is 168 cm³/mol. The van der Waals surface area contributed by atoms with Gasteiger partial charge in [-0.3, -0.25) is 14.5 Å². The fraction of sp³-hybridized carbons (Fsp3) is 0.371. The van der Waals surface area contributed by atoms with E-state index in [1.807, 2.05) is 35.4 Å². The Kier molecular flexibility index (Phi) is 7.50. The van der Waals surface area contributed by atoms with Gasteiger partial charge in [0.1, 0.15) is 11.9 Å². The average molecular weight is 634 g/mol. The number of amides is 1. The maximum absolute atomic E-state index is 14.3. The van der Waals surface area contributed by atoms with Crippen molar-refractivity contribution in [2.45, 2.75) is 45.2 Å². The van der Waals surface area contributed by atoms with Gasteiger partial charge < -0.3 is 18.8 Å². The Morgan fingerprint density at radius 2 is 1.91 bits per heavy atom. The number of aryl methyl sites for hydroxylation is 2. The molecule has 11 nitrogen and oxygen atoms in total. The normalized spacial score (nSPS) is 18.0. The number of hydrogen-bond acceptors (Lipinski definition) is 9. The molecule has 238 valence electrons. The molecule has 8 rings (SSSR count). The third-order valence-corrected chi connectivity index (χ3v) is 9.43. The molecule has 1 atom stereocenters. The number of benzene rings is 2. The lowest BCUT2D eigenvalue weighted by atomic mass is 9.88. The van der Waals surface area contributed by atoms with Crippen LogP contribution < -0.4 is 0 Å². The second kappa shape index (κ2) is 12.0. The number of morpholine rings is 1. The van der Waals surface area contributed by atoms with Gasteiger partial charge in [-0.1, -0.05) is 12.1 Å². The van der Waals surface area contributed by atoms with E-state index in [2.05, 4.69) is 10.2 Å². The van der Waals surface area contributed by atoms with Crippen LogP contribution >= 0.6 is 0 Å². The number of aromatic nitrogens is 5. The molecule has 2 saturated heterocycles. The SMILES string of the molecule is Cc1nnc(-c2c(CCC3CCOCC3)nc3c(c2-c2ccc4nn(Cc5ccc(C#N)c(F)c5)cc4c2)C(=O)N2CCOC[C@@H]32)o1. The highest BCUT2D eigenvalue weighted by atomic mass is 19.1. The number of rotatable bonds is 7. The Morgan fingerprint density at radius 3 is 2.70 bits per heavy atom. The molecule has 12 heteroatoms. The summed E-state index contributed by atoms with van der Waals surface area (Å²) in [6.45, 7) is 4.97. The van der Waals surface area contributed by atoms with Crippen molar-refractivity contribution in [1.29, 1.82) is 5.26 Å². The molecule has 6 heterocycles. The summed E-state index contributed by atoms with van der Waals surface area (Å²) in [4.78, 5) is 21.2. The second-order valence-corrected chi connectivity index (χ2v) is 12.4. The summed E-state index contributed by atoms with van der Waals surface area (Å²) in [6, 6.07) is 12.1. The Labute approximate surface area is 269 Å². The molecule has 2 aromatic carbocycles. The molecule has 47 heavy (non-hydrogen) atoms. The quantitative estimate of drug-likeness (QED) is 0.231. The molecule has 3 aromatic heterocycles. The molecule has 0 spiro atoms.